The number of para-hydroxylation sites is 2. The van der Waals surface area contributed by atoms with E-state index in [1.165, 1.54) is 0 Å². The van der Waals surface area contributed by atoms with Gasteiger partial charge in [0.05, 0.1) is 6.54 Å². The Morgan fingerprint density at radius 3 is 2.43 bits per heavy atom. The SMILES string of the molecule is Cc1ccccc1OCCN(CC(=O)O)c1ccccc1. The Morgan fingerprint density at radius 1 is 1.10 bits per heavy atom. The monoisotopic (exact) mass is 285 g/mol. The van der Waals surface area contributed by atoms with E-state index in [4.69, 9.17) is 9.84 Å². The molecule has 0 bridgehead atoms. The van der Waals surface area contributed by atoms with Crippen molar-refractivity contribution in [2.75, 3.05) is 24.6 Å². The minimum absolute atomic E-state index is 0.0405. The van der Waals surface area contributed by atoms with Gasteiger partial charge in [-0.25, -0.2) is 0 Å². The number of benzene rings is 2. The Bertz CT molecular complexity index is 584. The van der Waals surface area contributed by atoms with Crippen LogP contribution >= 0.6 is 0 Å². The molecule has 1 N–H and O–H groups in total. The predicted molar refractivity (Wildman–Crippen MR) is 83.0 cm³/mol. The normalized spacial score (nSPS) is 10.1. The van der Waals surface area contributed by atoms with Gasteiger partial charge < -0.3 is 14.7 Å². The molecule has 0 spiro atoms. The van der Waals surface area contributed by atoms with Gasteiger partial charge in [-0.3, -0.25) is 4.79 Å². The zero-order valence-electron chi connectivity index (χ0n) is 12.0. The number of carboxylic acid groups (broad SMARTS) is 1. The Labute approximate surface area is 124 Å². The van der Waals surface area contributed by atoms with Gasteiger partial charge in [-0.15, -0.1) is 0 Å². The molecule has 0 fully saturated rings. The van der Waals surface area contributed by atoms with Crippen LogP contribution in [0.25, 0.3) is 0 Å². The number of hydrogen-bond donors (Lipinski definition) is 1. The number of rotatable bonds is 7. The van der Waals surface area contributed by atoms with Crippen LogP contribution in [0.5, 0.6) is 5.75 Å². The van der Waals surface area contributed by atoms with E-state index in [0.717, 1.165) is 17.0 Å². The third-order valence-electron chi connectivity index (χ3n) is 3.16. The van der Waals surface area contributed by atoms with Crippen molar-refractivity contribution in [2.45, 2.75) is 6.92 Å². The van der Waals surface area contributed by atoms with E-state index in [1.807, 2.05) is 61.5 Å². The second-order valence-electron chi connectivity index (χ2n) is 4.76. The molecule has 0 radical (unpaired) electrons. The Balaban J connectivity index is 1.97. The molecule has 0 heterocycles. The van der Waals surface area contributed by atoms with E-state index < -0.39 is 5.97 Å². The average molecular weight is 285 g/mol. The van der Waals surface area contributed by atoms with Crippen LogP contribution in [0.3, 0.4) is 0 Å². The predicted octanol–water partition coefficient (Wildman–Crippen LogP) is 2.97. The van der Waals surface area contributed by atoms with Gasteiger partial charge in [0.25, 0.3) is 0 Å². The van der Waals surface area contributed by atoms with E-state index in [9.17, 15) is 4.79 Å². The Hall–Kier alpha value is -2.49. The van der Waals surface area contributed by atoms with Crippen molar-refractivity contribution in [2.24, 2.45) is 0 Å². The van der Waals surface area contributed by atoms with Gasteiger partial charge in [-0.1, -0.05) is 36.4 Å². The van der Waals surface area contributed by atoms with Gasteiger partial charge in [0, 0.05) is 5.69 Å². The first-order chi connectivity index (χ1) is 10.2. The van der Waals surface area contributed by atoms with Crippen molar-refractivity contribution < 1.29 is 14.6 Å². The number of anilines is 1. The third kappa shape index (κ3) is 4.53. The van der Waals surface area contributed by atoms with Crippen molar-refractivity contribution in [1.29, 1.82) is 0 Å². The summed E-state index contributed by atoms with van der Waals surface area (Å²) in [7, 11) is 0. The summed E-state index contributed by atoms with van der Waals surface area (Å²) < 4.78 is 5.74. The number of ether oxygens (including phenoxy) is 1. The average Bonchev–Trinajstić information content (AvgIpc) is 2.49. The third-order valence-corrected chi connectivity index (χ3v) is 3.16. The van der Waals surface area contributed by atoms with Crippen LogP contribution in [0.4, 0.5) is 5.69 Å². The molecule has 0 amide bonds. The molecule has 2 rings (SSSR count). The van der Waals surface area contributed by atoms with Crippen LogP contribution < -0.4 is 9.64 Å². The highest BCUT2D eigenvalue weighted by Gasteiger charge is 2.10. The maximum Gasteiger partial charge on any atom is 0.323 e. The summed E-state index contributed by atoms with van der Waals surface area (Å²) in [6, 6.07) is 17.3. The first-order valence-corrected chi connectivity index (χ1v) is 6.87. The fourth-order valence-corrected chi connectivity index (χ4v) is 2.09. The van der Waals surface area contributed by atoms with E-state index in [2.05, 4.69) is 0 Å². The number of carboxylic acids is 1. The number of hydrogen-bond acceptors (Lipinski definition) is 3. The number of nitrogens with zero attached hydrogens (tertiary/aromatic N) is 1. The lowest BCUT2D eigenvalue weighted by molar-refractivity contribution is -0.135. The highest BCUT2D eigenvalue weighted by molar-refractivity contribution is 5.73. The summed E-state index contributed by atoms with van der Waals surface area (Å²) in [4.78, 5) is 12.8. The second-order valence-corrected chi connectivity index (χ2v) is 4.76. The summed E-state index contributed by atoms with van der Waals surface area (Å²) in [5.41, 5.74) is 1.95. The molecule has 0 aliphatic heterocycles. The van der Waals surface area contributed by atoms with Crippen LogP contribution in [-0.2, 0) is 4.79 Å². The first-order valence-electron chi connectivity index (χ1n) is 6.87. The van der Waals surface area contributed by atoms with Gasteiger partial charge in [-0.2, -0.15) is 0 Å². The van der Waals surface area contributed by atoms with Gasteiger partial charge in [0.15, 0.2) is 0 Å². The molecular weight excluding hydrogens is 266 g/mol. The molecule has 0 atom stereocenters. The van der Waals surface area contributed by atoms with E-state index in [1.54, 1.807) is 4.90 Å². The summed E-state index contributed by atoms with van der Waals surface area (Å²) in [5, 5.41) is 9.02. The lowest BCUT2D eigenvalue weighted by Crippen LogP contribution is -2.33. The molecule has 0 unspecified atom stereocenters. The quantitative estimate of drug-likeness (QED) is 0.849. The molecule has 110 valence electrons. The van der Waals surface area contributed by atoms with Crippen LogP contribution in [0.15, 0.2) is 54.6 Å². The fraction of sp³-hybridized carbons (Fsp3) is 0.235. The minimum Gasteiger partial charge on any atom is -0.491 e. The lowest BCUT2D eigenvalue weighted by atomic mass is 10.2. The van der Waals surface area contributed by atoms with Crippen molar-refractivity contribution in [3.05, 3.63) is 60.2 Å². The largest absolute Gasteiger partial charge is 0.491 e. The van der Waals surface area contributed by atoms with Crippen LogP contribution in [0.1, 0.15) is 5.56 Å². The van der Waals surface area contributed by atoms with Gasteiger partial charge >= 0.3 is 5.97 Å². The minimum atomic E-state index is -0.852. The van der Waals surface area contributed by atoms with Crippen molar-refractivity contribution in [3.8, 4) is 5.75 Å². The van der Waals surface area contributed by atoms with E-state index in [-0.39, 0.29) is 6.54 Å². The summed E-state index contributed by atoms with van der Waals surface area (Å²) in [6.45, 7) is 2.90. The standard InChI is InChI=1S/C17H19NO3/c1-14-7-5-6-10-16(14)21-12-11-18(13-17(19)20)15-8-3-2-4-9-15/h2-10H,11-13H2,1H3,(H,19,20). The fourth-order valence-electron chi connectivity index (χ4n) is 2.09. The molecule has 21 heavy (non-hydrogen) atoms. The zero-order chi connectivity index (χ0) is 15.1. The number of aryl methyl sites for hydroxylation is 1. The number of aliphatic carboxylic acids is 1. The molecule has 2 aromatic carbocycles. The first kappa shape index (κ1) is 14.9. The summed E-state index contributed by atoms with van der Waals surface area (Å²) >= 11 is 0. The zero-order valence-corrected chi connectivity index (χ0v) is 12.0. The Morgan fingerprint density at radius 2 is 1.76 bits per heavy atom. The molecule has 0 aliphatic carbocycles. The van der Waals surface area contributed by atoms with Gasteiger partial charge in [0.1, 0.15) is 18.9 Å². The van der Waals surface area contributed by atoms with E-state index in [0.29, 0.717) is 13.2 Å². The van der Waals surface area contributed by atoms with Crippen LogP contribution in [0.2, 0.25) is 0 Å². The maximum atomic E-state index is 11.0. The van der Waals surface area contributed by atoms with Crippen molar-refractivity contribution in [3.63, 3.8) is 0 Å². The lowest BCUT2D eigenvalue weighted by Gasteiger charge is -2.23. The maximum absolute atomic E-state index is 11.0. The van der Waals surface area contributed by atoms with Crippen LogP contribution in [-0.4, -0.2) is 30.8 Å². The van der Waals surface area contributed by atoms with E-state index >= 15 is 0 Å². The van der Waals surface area contributed by atoms with Gasteiger partial charge in [0.2, 0.25) is 0 Å². The molecule has 0 saturated carbocycles. The Kier molecular flexibility index (Phi) is 5.21. The van der Waals surface area contributed by atoms with Crippen molar-refractivity contribution >= 4 is 11.7 Å². The topological polar surface area (TPSA) is 49.8 Å². The number of carbonyl (C=O) groups is 1. The smallest absolute Gasteiger partial charge is 0.323 e. The molecule has 4 heteroatoms. The highest BCUT2D eigenvalue weighted by atomic mass is 16.5. The molecular formula is C17H19NO3. The van der Waals surface area contributed by atoms with Crippen LogP contribution in [0, 0.1) is 6.92 Å². The van der Waals surface area contributed by atoms with Gasteiger partial charge in [-0.05, 0) is 30.7 Å². The van der Waals surface area contributed by atoms with Crippen molar-refractivity contribution in [1.82, 2.24) is 0 Å². The second kappa shape index (κ2) is 7.33. The molecule has 2 aromatic rings. The molecule has 0 saturated heterocycles. The highest BCUT2D eigenvalue weighted by Crippen LogP contribution is 2.17. The summed E-state index contributed by atoms with van der Waals surface area (Å²) in [5.74, 6) is -0.0180. The molecule has 0 aromatic heterocycles. The summed E-state index contributed by atoms with van der Waals surface area (Å²) in [6.07, 6.45) is 0. The molecule has 4 nitrogen and oxygen atoms in total. The molecule has 0 aliphatic rings.